The summed E-state index contributed by atoms with van der Waals surface area (Å²) in [5, 5.41) is 7.74. The first-order valence-electron chi connectivity index (χ1n) is 6.82. The number of nitrogens with zero attached hydrogens (tertiary/aromatic N) is 4. The number of hydrogen-bond acceptors (Lipinski definition) is 4. The van der Waals surface area contributed by atoms with Crippen molar-refractivity contribution in [1.29, 1.82) is 0 Å². The summed E-state index contributed by atoms with van der Waals surface area (Å²) in [5.74, 6) is 0.175. The average Bonchev–Trinajstić information content (AvgIpc) is 2.82. The molecule has 0 bridgehead atoms. The fourth-order valence-corrected chi connectivity index (χ4v) is 3.61. The number of para-hydroxylation sites is 1. The van der Waals surface area contributed by atoms with Crippen LogP contribution in [0.3, 0.4) is 0 Å². The minimum Gasteiger partial charge on any atom is -0.404 e. The van der Waals surface area contributed by atoms with Crippen molar-refractivity contribution < 1.29 is 22.1 Å². The zero-order valence-corrected chi connectivity index (χ0v) is 12.7. The molecule has 0 N–H and O–H groups in total. The normalized spacial score (nSPS) is 17.3. The van der Waals surface area contributed by atoms with Gasteiger partial charge in [0.2, 0.25) is 0 Å². The molecule has 0 aliphatic carbocycles. The van der Waals surface area contributed by atoms with E-state index < -0.39 is 23.1 Å². The van der Waals surface area contributed by atoms with Crippen LogP contribution in [-0.2, 0) is 24.1 Å². The molecule has 1 aliphatic heterocycles. The second-order valence-corrected chi connectivity index (χ2v) is 6.36. The highest BCUT2D eigenvalue weighted by Gasteiger charge is 2.33. The Balaban J connectivity index is 1.86. The Morgan fingerprint density at radius 2 is 2.00 bits per heavy atom. The van der Waals surface area contributed by atoms with E-state index in [1.807, 2.05) is 4.57 Å². The van der Waals surface area contributed by atoms with Crippen molar-refractivity contribution in [3.05, 3.63) is 36.4 Å². The highest BCUT2D eigenvalue weighted by molar-refractivity contribution is 7.82. The number of fused-ring (bicyclic) bond motifs is 1. The van der Waals surface area contributed by atoms with E-state index >= 15 is 0 Å². The number of aryl methyl sites for hydroxylation is 1. The quantitative estimate of drug-likeness (QED) is 0.854. The molecule has 0 saturated carbocycles. The molecule has 0 saturated heterocycles. The van der Waals surface area contributed by atoms with Gasteiger partial charge in [-0.3, -0.25) is 0 Å². The van der Waals surface area contributed by atoms with Gasteiger partial charge in [0.15, 0.2) is 0 Å². The van der Waals surface area contributed by atoms with Crippen LogP contribution in [0.4, 0.5) is 13.2 Å². The van der Waals surface area contributed by atoms with E-state index in [0.29, 0.717) is 25.3 Å². The lowest BCUT2D eigenvalue weighted by molar-refractivity contribution is -0.275. The van der Waals surface area contributed by atoms with Crippen molar-refractivity contribution in [3.8, 4) is 5.75 Å². The van der Waals surface area contributed by atoms with Gasteiger partial charge in [0.25, 0.3) is 0 Å². The first-order valence-corrected chi connectivity index (χ1v) is 7.93. The summed E-state index contributed by atoms with van der Waals surface area (Å²) in [4.78, 5) is -0.0159. The summed E-state index contributed by atoms with van der Waals surface area (Å²) < 4.78 is 57.6. The van der Waals surface area contributed by atoms with Crippen molar-refractivity contribution in [2.45, 2.75) is 30.8 Å². The predicted molar refractivity (Wildman–Crippen MR) is 74.6 cm³/mol. The summed E-state index contributed by atoms with van der Waals surface area (Å²) in [7, 11) is -1.79. The van der Waals surface area contributed by atoms with Crippen molar-refractivity contribution in [3.63, 3.8) is 0 Å². The van der Waals surface area contributed by atoms with E-state index in [1.165, 1.54) is 18.2 Å². The van der Waals surface area contributed by atoms with Crippen LogP contribution in [0.15, 0.2) is 35.5 Å². The highest BCUT2D eigenvalue weighted by atomic mass is 32.2. The van der Waals surface area contributed by atoms with Crippen molar-refractivity contribution in [2.24, 2.45) is 0 Å². The van der Waals surface area contributed by atoms with Crippen molar-refractivity contribution >= 4 is 11.0 Å². The Morgan fingerprint density at radius 1 is 1.22 bits per heavy atom. The third-order valence-electron chi connectivity index (χ3n) is 3.32. The van der Waals surface area contributed by atoms with Gasteiger partial charge >= 0.3 is 6.36 Å². The Morgan fingerprint density at radius 3 is 2.78 bits per heavy atom. The zero-order chi connectivity index (χ0) is 16.4. The monoisotopic (exact) mass is 346 g/mol. The highest BCUT2D eigenvalue weighted by Crippen LogP contribution is 2.30. The fraction of sp³-hybridized carbons (Fsp3) is 0.385. The number of benzene rings is 1. The molecule has 1 aliphatic rings. The lowest BCUT2D eigenvalue weighted by atomic mass is 10.3. The molecular formula is C13H13F3N4O2S. The van der Waals surface area contributed by atoms with Gasteiger partial charge in [-0.25, -0.2) is 8.51 Å². The SMILES string of the molecule is O=S(c1ccccc1OC(F)(F)F)N1CCCn2cnnc2C1. The van der Waals surface area contributed by atoms with Crippen molar-refractivity contribution in [2.75, 3.05) is 6.54 Å². The topological polar surface area (TPSA) is 60.2 Å². The third-order valence-corrected chi connectivity index (χ3v) is 4.81. The van der Waals surface area contributed by atoms with E-state index in [0.717, 1.165) is 6.07 Å². The minimum atomic E-state index is -4.83. The van der Waals surface area contributed by atoms with Crippen LogP contribution in [-0.4, -0.2) is 36.2 Å². The third kappa shape index (κ3) is 3.70. The molecule has 2 heterocycles. The van der Waals surface area contributed by atoms with Crippen LogP contribution in [0, 0.1) is 0 Å². The number of rotatable bonds is 3. The Hall–Kier alpha value is -1.94. The summed E-state index contributed by atoms with van der Waals surface area (Å²) >= 11 is 0. The standard InChI is InChI=1S/C13H13F3N4O2S/c14-13(15,16)22-10-4-1-2-5-11(10)23(21)20-7-3-6-19-9-17-18-12(19)8-20/h1-2,4-5,9H,3,6-8H2. The van der Waals surface area contributed by atoms with Gasteiger partial charge in [0.1, 0.15) is 28.9 Å². The molecule has 0 spiro atoms. The van der Waals surface area contributed by atoms with Gasteiger partial charge in [-0.1, -0.05) is 12.1 Å². The molecule has 1 atom stereocenters. The molecule has 124 valence electrons. The lowest BCUT2D eigenvalue weighted by Gasteiger charge is -2.20. The van der Waals surface area contributed by atoms with E-state index in [9.17, 15) is 17.4 Å². The Bertz CT molecular complexity index is 719. The van der Waals surface area contributed by atoms with Gasteiger partial charge in [-0.2, -0.15) is 0 Å². The van der Waals surface area contributed by atoms with Gasteiger partial charge in [-0.15, -0.1) is 23.4 Å². The molecule has 1 aromatic heterocycles. The van der Waals surface area contributed by atoms with E-state index in [-0.39, 0.29) is 11.4 Å². The molecule has 10 heteroatoms. The second-order valence-electron chi connectivity index (χ2n) is 4.90. The van der Waals surface area contributed by atoms with Crippen LogP contribution in [0.25, 0.3) is 0 Å². The molecule has 0 amide bonds. The summed E-state index contributed by atoms with van der Waals surface area (Å²) in [6, 6.07) is 5.45. The Kier molecular flexibility index (Phi) is 4.35. The molecule has 3 rings (SSSR count). The van der Waals surface area contributed by atoms with E-state index in [4.69, 9.17) is 0 Å². The number of halogens is 3. The van der Waals surface area contributed by atoms with Crippen LogP contribution >= 0.6 is 0 Å². The smallest absolute Gasteiger partial charge is 0.404 e. The van der Waals surface area contributed by atoms with Crippen molar-refractivity contribution in [1.82, 2.24) is 19.1 Å². The Labute approximate surface area is 132 Å². The number of aromatic nitrogens is 3. The summed E-state index contributed by atoms with van der Waals surface area (Å²) in [6.45, 7) is 1.39. The minimum absolute atomic E-state index is 0.0159. The molecule has 23 heavy (non-hydrogen) atoms. The van der Waals surface area contributed by atoms with Gasteiger partial charge in [0.05, 0.1) is 11.4 Å². The van der Waals surface area contributed by atoms with Gasteiger partial charge in [0, 0.05) is 13.1 Å². The average molecular weight is 346 g/mol. The predicted octanol–water partition coefficient (Wildman–Crippen LogP) is 2.11. The first-order chi connectivity index (χ1) is 10.9. The summed E-state index contributed by atoms with van der Waals surface area (Å²) in [6.07, 6.45) is -2.55. The second kappa shape index (κ2) is 6.28. The van der Waals surface area contributed by atoms with Crippen LogP contribution in [0.2, 0.25) is 0 Å². The maximum Gasteiger partial charge on any atom is 0.573 e. The molecule has 0 fully saturated rings. The molecule has 0 radical (unpaired) electrons. The van der Waals surface area contributed by atoms with Gasteiger partial charge < -0.3 is 9.30 Å². The molecular weight excluding hydrogens is 333 g/mol. The van der Waals surface area contributed by atoms with Gasteiger partial charge in [-0.05, 0) is 18.6 Å². The largest absolute Gasteiger partial charge is 0.573 e. The summed E-state index contributed by atoms with van der Waals surface area (Å²) in [5.41, 5.74) is 0. The van der Waals surface area contributed by atoms with E-state index in [1.54, 1.807) is 10.6 Å². The molecule has 1 unspecified atom stereocenters. The molecule has 1 aromatic carbocycles. The fourth-order valence-electron chi connectivity index (χ4n) is 2.33. The van der Waals surface area contributed by atoms with Crippen LogP contribution in [0.1, 0.15) is 12.2 Å². The number of alkyl halides is 3. The number of hydrogen-bond donors (Lipinski definition) is 0. The maximum absolute atomic E-state index is 12.7. The molecule has 2 aromatic rings. The number of ether oxygens (including phenoxy) is 1. The van der Waals surface area contributed by atoms with Crippen LogP contribution in [0.5, 0.6) is 5.75 Å². The lowest BCUT2D eigenvalue weighted by Crippen LogP contribution is -2.27. The van der Waals surface area contributed by atoms with E-state index in [2.05, 4.69) is 14.9 Å². The molecule has 6 nitrogen and oxygen atoms in total. The maximum atomic E-state index is 12.7. The van der Waals surface area contributed by atoms with Crippen LogP contribution < -0.4 is 4.74 Å². The zero-order valence-electron chi connectivity index (χ0n) is 11.9. The first kappa shape index (κ1) is 15.9.